The highest BCUT2D eigenvalue weighted by Gasteiger charge is 2.06. The molecule has 16 heavy (non-hydrogen) atoms. The third-order valence-electron chi connectivity index (χ3n) is 2.57. The smallest absolute Gasteiger partial charge is 0.157 e. The van der Waals surface area contributed by atoms with Gasteiger partial charge in [0.05, 0.1) is 5.69 Å². The zero-order valence-electron chi connectivity index (χ0n) is 9.70. The number of nitrogens with two attached hydrogens (primary N) is 1. The van der Waals surface area contributed by atoms with Crippen LogP contribution in [0.15, 0.2) is 12.3 Å². The van der Waals surface area contributed by atoms with Crippen LogP contribution in [0.3, 0.4) is 0 Å². The molecule has 0 spiro atoms. The summed E-state index contributed by atoms with van der Waals surface area (Å²) in [7, 11) is 1.91. The summed E-state index contributed by atoms with van der Waals surface area (Å²) in [6, 6.07) is 2.13. The van der Waals surface area contributed by atoms with Gasteiger partial charge in [-0.05, 0) is 18.6 Å². The molecule has 0 radical (unpaired) electrons. The van der Waals surface area contributed by atoms with Crippen molar-refractivity contribution in [3.05, 3.63) is 23.5 Å². The number of rotatable bonds is 4. The highest BCUT2D eigenvalue weighted by molar-refractivity contribution is 5.78. The number of aryl methyl sites for hydroxylation is 2. The fraction of sp³-hybridized carbons (Fsp3) is 0.455. The van der Waals surface area contributed by atoms with Crippen LogP contribution in [0.25, 0.3) is 11.0 Å². The van der Waals surface area contributed by atoms with Crippen molar-refractivity contribution in [3.8, 4) is 0 Å². The van der Waals surface area contributed by atoms with Crippen molar-refractivity contribution in [1.82, 2.24) is 20.1 Å². The molecule has 0 aliphatic carbocycles. The first-order valence-electron chi connectivity index (χ1n) is 5.41. The van der Waals surface area contributed by atoms with Gasteiger partial charge in [0, 0.05) is 38.3 Å². The van der Waals surface area contributed by atoms with E-state index in [2.05, 4.69) is 21.5 Å². The molecule has 0 fully saturated rings. The maximum absolute atomic E-state index is 5.42. The third kappa shape index (κ3) is 2.05. The molecular formula is C11H17N5. The molecule has 0 aliphatic heterocycles. The molecule has 2 aromatic heterocycles. The Morgan fingerprint density at radius 3 is 3.06 bits per heavy atom. The van der Waals surface area contributed by atoms with Crippen LogP contribution in [-0.2, 0) is 13.6 Å². The van der Waals surface area contributed by atoms with Crippen molar-refractivity contribution in [2.45, 2.75) is 13.5 Å². The standard InChI is InChI=1S/C11H17N5/c1-8-10-5-9(6-13-4-3-12)7-14-11(10)16(2)15-8/h5,7,13H,3-4,6,12H2,1-2H3. The Morgan fingerprint density at radius 1 is 1.50 bits per heavy atom. The van der Waals surface area contributed by atoms with Gasteiger partial charge in [-0.1, -0.05) is 0 Å². The fourth-order valence-corrected chi connectivity index (χ4v) is 1.78. The van der Waals surface area contributed by atoms with E-state index in [1.54, 1.807) is 0 Å². The van der Waals surface area contributed by atoms with Crippen molar-refractivity contribution in [2.24, 2.45) is 12.8 Å². The Balaban J connectivity index is 2.25. The first-order valence-corrected chi connectivity index (χ1v) is 5.41. The van der Waals surface area contributed by atoms with Crippen molar-refractivity contribution in [3.63, 3.8) is 0 Å². The van der Waals surface area contributed by atoms with Gasteiger partial charge >= 0.3 is 0 Å². The van der Waals surface area contributed by atoms with Crippen LogP contribution in [0.4, 0.5) is 0 Å². The lowest BCUT2D eigenvalue weighted by molar-refractivity contribution is 0.693. The Morgan fingerprint density at radius 2 is 2.31 bits per heavy atom. The zero-order chi connectivity index (χ0) is 11.5. The van der Waals surface area contributed by atoms with Crippen LogP contribution >= 0.6 is 0 Å². The summed E-state index contributed by atoms with van der Waals surface area (Å²) in [6.45, 7) is 4.28. The van der Waals surface area contributed by atoms with Gasteiger partial charge in [0.15, 0.2) is 5.65 Å². The van der Waals surface area contributed by atoms with E-state index in [4.69, 9.17) is 5.73 Å². The molecule has 86 valence electrons. The highest BCUT2D eigenvalue weighted by atomic mass is 15.3. The first kappa shape index (κ1) is 11.0. The summed E-state index contributed by atoms with van der Waals surface area (Å²) in [5, 5.41) is 8.71. The van der Waals surface area contributed by atoms with Crippen LogP contribution in [-0.4, -0.2) is 27.9 Å². The van der Waals surface area contributed by atoms with Crippen LogP contribution in [0.2, 0.25) is 0 Å². The molecule has 0 aliphatic rings. The molecule has 0 aromatic carbocycles. The van der Waals surface area contributed by atoms with Crippen LogP contribution in [0.5, 0.6) is 0 Å². The van der Waals surface area contributed by atoms with E-state index in [1.165, 1.54) is 0 Å². The van der Waals surface area contributed by atoms with Crippen molar-refractivity contribution < 1.29 is 0 Å². The second kappa shape index (κ2) is 4.59. The molecule has 5 nitrogen and oxygen atoms in total. The molecule has 0 atom stereocenters. The van der Waals surface area contributed by atoms with Gasteiger partial charge in [-0.2, -0.15) is 5.10 Å². The predicted molar refractivity (Wildman–Crippen MR) is 64.0 cm³/mol. The van der Waals surface area contributed by atoms with Crippen molar-refractivity contribution in [1.29, 1.82) is 0 Å². The Kier molecular flexibility index (Phi) is 3.17. The Bertz CT molecular complexity index is 488. The quantitative estimate of drug-likeness (QED) is 0.727. The van der Waals surface area contributed by atoms with E-state index in [0.717, 1.165) is 35.4 Å². The summed E-state index contributed by atoms with van der Waals surface area (Å²) < 4.78 is 1.81. The number of fused-ring (bicyclic) bond motifs is 1. The molecule has 2 aromatic rings. The van der Waals surface area contributed by atoms with Gasteiger partial charge in [0.2, 0.25) is 0 Å². The molecule has 0 saturated carbocycles. The number of nitrogens with zero attached hydrogens (tertiary/aromatic N) is 3. The van der Waals surface area contributed by atoms with E-state index in [0.29, 0.717) is 6.54 Å². The van der Waals surface area contributed by atoms with Crippen LogP contribution in [0.1, 0.15) is 11.3 Å². The lowest BCUT2D eigenvalue weighted by Gasteiger charge is -2.03. The molecule has 0 bridgehead atoms. The molecule has 0 unspecified atom stereocenters. The number of aromatic nitrogens is 3. The van der Waals surface area contributed by atoms with Crippen molar-refractivity contribution in [2.75, 3.05) is 13.1 Å². The molecule has 2 rings (SSSR count). The average Bonchev–Trinajstić information content (AvgIpc) is 2.55. The Hall–Kier alpha value is -1.46. The molecule has 0 amide bonds. The topological polar surface area (TPSA) is 68.8 Å². The summed E-state index contributed by atoms with van der Waals surface area (Å²) in [5.74, 6) is 0. The van der Waals surface area contributed by atoms with Gasteiger partial charge in [0.1, 0.15) is 0 Å². The summed E-state index contributed by atoms with van der Waals surface area (Å²) >= 11 is 0. The normalized spacial score (nSPS) is 11.2. The molecule has 3 N–H and O–H groups in total. The second-order valence-corrected chi connectivity index (χ2v) is 3.89. The van der Waals surface area contributed by atoms with E-state index in [9.17, 15) is 0 Å². The minimum Gasteiger partial charge on any atom is -0.329 e. The monoisotopic (exact) mass is 219 g/mol. The van der Waals surface area contributed by atoms with Gasteiger partial charge < -0.3 is 11.1 Å². The van der Waals surface area contributed by atoms with Gasteiger partial charge in [0.25, 0.3) is 0 Å². The predicted octanol–water partition coefficient (Wildman–Crippen LogP) is 0.325. The number of nitrogens with one attached hydrogen (secondary N) is 1. The third-order valence-corrected chi connectivity index (χ3v) is 2.57. The SMILES string of the molecule is Cc1nn(C)c2ncc(CNCCN)cc12. The minimum absolute atomic E-state index is 0.654. The lowest BCUT2D eigenvalue weighted by atomic mass is 10.2. The largest absolute Gasteiger partial charge is 0.329 e. The van der Waals surface area contributed by atoms with E-state index >= 15 is 0 Å². The van der Waals surface area contributed by atoms with E-state index in [1.807, 2.05) is 24.9 Å². The maximum atomic E-state index is 5.42. The maximum Gasteiger partial charge on any atom is 0.157 e. The molecular weight excluding hydrogens is 202 g/mol. The van der Waals surface area contributed by atoms with E-state index < -0.39 is 0 Å². The van der Waals surface area contributed by atoms with Gasteiger partial charge in [-0.15, -0.1) is 0 Å². The summed E-state index contributed by atoms with van der Waals surface area (Å²) in [4.78, 5) is 4.41. The zero-order valence-corrected chi connectivity index (χ0v) is 9.70. The Labute approximate surface area is 94.7 Å². The molecule has 0 saturated heterocycles. The lowest BCUT2D eigenvalue weighted by Crippen LogP contribution is -2.21. The van der Waals surface area contributed by atoms with Crippen LogP contribution < -0.4 is 11.1 Å². The number of hydrogen-bond donors (Lipinski definition) is 2. The first-order chi connectivity index (χ1) is 7.72. The molecule has 2 heterocycles. The van der Waals surface area contributed by atoms with Gasteiger partial charge in [-0.3, -0.25) is 4.68 Å². The average molecular weight is 219 g/mol. The number of hydrogen-bond acceptors (Lipinski definition) is 4. The second-order valence-electron chi connectivity index (χ2n) is 3.89. The minimum atomic E-state index is 0.654. The summed E-state index contributed by atoms with van der Waals surface area (Å²) in [5.41, 5.74) is 8.53. The van der Waals surface area contributed by atoms with Crippen LogP contribution in [0, 0.1) is 6.92 Å². The summed E-state index contributed by atoms with van der Waals surface area (Å²) in [6.07, 6.45) is 1.88. The fourth-order valence-electron chi connectivity index (χ4n) is 1.78. The highest BCUT2D eigenvalue weighted by Crippen LogP contribution is 2.16. The van der Waals surface area contributed by atoms with Gasteiger partial charge in [-0.25, -0.2) is 4.98 Å². The molecule has 5 heteroatoms. The van der Waals surface area contributed by atoms with E-state index in [-0.39, 0.29) is 0 Å². The number of pyridine rings is 1. The van der Waals surface area contributed by atoms with Crippen molar-refractivity contribution >= 4 is 11.0 Å².